The van der Waals surface area contributed by atoms with Gasteiger partial charge in [-0.2, -0.15) is 5.26 Å². The number of hydrogen-bond acceptors (Lipinski definition) is 3. The Balaban J connectivity index is 2.04. The van der Waals surface area contributed by atoms with E-state index < -0.39 is 0 Å². The zero-order valence-corrected chi connectivity index (χ0v) is 13.0. The predicted molar refractivity (Wildman–Crippen MR) is 88.3 cm³/mol. The van der Waals surface area contributed by atoms with Gasteiger partial charge < -0.3 is 9.88 Å². The Morgan fingerprint density at radius 1 is 1.18 bits per heavy atom. The number of benzene rings is 2. The molecular weight excluding hydrogens is 272 g/mol. The summed E-state index contributed by atoms with van der Waals surface area (Å²) in [6.07, 6.45) is 0. The normalized spacial score (nSPS) is 12.5. The van der Waals surface area contributed by atoms with Gasteiger partial charge in [0.1, 0.15) is 5.82 Å². The van der Waals surface area contributed by atoms with Crippen LogP contribution in [0.5, 0.6) is 0 Å². The average molecular weight is 290 g/mol. The number of nitrogens with one attached hydrogen (secondary N) is 1. The first-order valence-electron chi connectivity index (χ1n) is 7.25. The van der Waals surface area contributed by atoms with Gasteiger partial charge in [0.25, 0.3) is 0 Å². The van der Waals surface area contributed by atoms with E-state index in [1.807, 2.05) is 12.1 Å². The first kappa shape index (κ1) is 14.3. The number of H-pyrrole nitrogens is 1. The molecule has 22 heavy (non-hydrogen) atoms. The molecule has 1 atom stereocenters. The maximum Gasteiger partial charge on any atom is 0.138 e. The molecule has 1 aromatic heterocycles. The zero-order chi connectivity index (χ0) is 15.7. The molecule has 0 aliphatic rings. The van der Waals surface area contributed by atoms with Crippen molar-refractivity contribution in [1.29, 1.82) is 5.26 Å². The molecule has 0 amide bonds. The third-order valence-corrected chi connectivity index (χ3v) is 4.03. The molecular formula is C18H18N4. The number of aromatic amines is 1. The highest BCUT2D eigenvalue weighted by molar-refractivity contribution is 5.80. The lowest BCUT2D eigenvalue weighted by Crippen LogP contribution is -2.16. The van der Waals surface area contributed by atoms with Crippen molar-refractivity contribution in [2.75, 3.05) is 14.1 Å². The highest BCUT2D eigenvalue weighted by Gasteiger charge is 2.11. The number of rotatable bonds is 3. The molecule has 0 radical (unpaired) electrons. The van der Waals surface area contributed by atoms with Crippen LogP contribution >= 0.6 is 0 Å². The van der Waals surface area contributed by atoms with Crippen molar-refractivity contribution in [3.8, 4) is 17.5 Å². The van der Waals surface area contributed by atoms with Crippen LogP contribution in [0.3, 0.4) is 0 Å². The minimum atomic E-state index is 0.342. The van der Waals surface area contributed by atoms with Crippen LogP contribution in [0.15, 0.2) is 42.5 Å². The summed E-state index contributed by atoms with van der Waals surface area (Å²) in [6.45, 7) is 2.18. The number of aromatic nitrogens is 2. The van der Waals surface area contributed by atoms with Crippen LogP contribution < -0.4 is 0 Å². The van der Waals surface area contributed by atoms with Gasteiger partial charge in [0, 0.05) is 11.6 Å². The Labute approximate surface area is 130 Å². The van der Waals surface area contributed by atoms with Crippen LogP contribution in [0, 0.1) is 11.3 Å². The Bertz CT molecular complexity index is 855. The topological polar surface area (TPSA) is 55.7 Å². The molecule has 1 unspecified atom stereocenters. The van der Waals surface area contributed by atoms with Crippen molar-refractivity contribution in [1.82, 2.24) is 14.9 Å². The van der Waals surface area contributed by atoms with E-state index in [1.54, 1.807) is 6.07 Å². The summed E-state index contributed by atoms with van der Waals surface area (Å²) >= 11 is 0. The molecule has 1 heterocycles. The van der Waals surface area contributed by atoms with Gasteiger partial charge in [0.05, 0.1) is 22.7 Å². The van der Waals surface area contributed by atoms with E-state index >= 15 is 0 Å². The molecule has 3 rings (SSSR count). The van der Waals surface area contributed by atoms with E-state index in [0.717, 1.165) is 22.4 Å². The van der Waals surface area contributed by atoms with E-state index in [0.29, 0.717) is 11.6 Å². The lowest BCUT2D eigenvalue weighted by molar-refractivity contribution is 0.321. The van der Waals surface area contributed by atoms with Gasteiger partial charge in [0.2, 0.25) is 0 Å². The molecule has 0 aliphatic carbocycles. The summed E-state index contributed by atoms with van der Waals surface area (Å²) in [7, 11) is 4.14. The summed E-state index contributed by atoms with van der Waals surface area (Å²) < 4.78 is 0. The molecule has 0 aliphatic heterocycles. The van der Waals surface area contributed by atoms with Crippen molar-refractivity contribution < 1.29 is 0 Å². The summed E-state index contributed by atoms with van der Waals surface area (Å²) in [5, 5.41) is 8.98. The fourth-order valence-corrected chi connectivity index (χ4v) is 2.46. The Morgan fingerprint density at radius 3 is 2.73 bits per heavy atom. The SMILES string of the molecule is CC(c1cccc(-c2nc3ccc(C#N)cc3[nH]2)c1)N(C)C. The van der Waals surface area contributed by atoms with E-state index in [2.05, 4.69) is 66.2 Å². The first-order chi connectivity index (χ1) is 10.6. The summed E-state index contributed by atoms with van der Waals surface area (Å²) in [5.74, 6) is 0.831. The number of nitrogens with zero attached hydrogens (tertiary/aromatic N) is 3. The van der Waals surface area contributed by atoms with Gasteiger partial charge in [-0.25, -0.2) is 4.98 Å². The Kier molecular flexibility index (Phi) is 3.66. The number of fused-ring (bicyclic) bond motifs is 1. The molecule has 0 bridgehead atoms. The van der Waals surface area contributed by atoms with Gasteiger partial charge in [-0.05, 0) is 50.8 Å². The van der Waals surface area contributed by atoms with Gasteiger partial charge >= 0.3 is 0 Å². The number of hydrogen-bond donors (Lipinski definition) is 1. The van der Waals surface area contributed by atoms with Crippen LogP contribution in [0.4, 0.5) is 0 Å². The fraction of sp³-hybridized carbons (Fsp3) is 0.222. The maximum atomic E-state index is 8.98. The number of imidazole rings is 1. The van der Waals surface area contributed by atoms with Gasteiger partial charge in [0.15, 0.2) is 0 Å². The molecule has 2 aromatic carbocycles. The summed E-state index contributed by atoms with van der Waals surface area (Å²) in [4.78, 5) is 10.1. The number of nitriles is 1. The lowest BCUT2D eigenvalue weighted by atomic mass is 10.0. The Morgan fingerprint density at radius 2 is 2.00 bits per heavy atom. The average Bonchev–Trinajstić information content (AvgIpc) is 2.97. The highest BCUT2D eigenvalue weighted by Crippen LogP contribution is 2.25. The molecule has 0 fully saturated rings. The maximum absolute atomic E-state index is 8.98. The highest BCUT2D eigenvalue weighted by atomic mass is 15.1. The summed E-state index contributed by atoms with van der Waals surface area (Å²) in [5.41, 5.74) is 4.71. The predicted octanol–water partition coefficient (Wildman–Crippen LogP) is 3.72. The third-order valence-electron chi connectivity index (χ3n) is 4.03. The molecule has 1 N–H and O–H groups in total. The standard InChI is InChI=1S/C18H18N4/c1-12(22(2)3)14-5-4-6-15(10-14)18-20-16-8-7-13(11-19)9-17(16)21-18/h4-10,12H,1-3H3,(H,20,21). The summed E-state index contributed by atoms with van der Waals surface area (Å²) in [6, 6.07) is 16.4. The van der Waals surface area contributed by atoms with Crippen molar-refractivity contribution in [3.63, 3.8) is 0 Å². The third kappa shape index (κ3) is 2.59. The second-order valence-electron chi connectivity index (χ2n) is 5.69. The quantitative estimate of drug-likeness (QED) is 0.799. The van der Waals surface area contributed by atoms with Gasteiger partial charge in [-0.3, -0.25) is 0 Å². The molecule has 0 spiro atoms. The molecule has 110 valence electrons. The Hall–Kier alpha value is -2.64. The smallest absolute Gasteiger partial charge is 0.138 e. The zero-order valence-electron chi connectivity index (χ0n) is 13.0. The minimum absolute atomic E-state index is 0.342. The van der Waals surface area contributed by atoms with Crippen LogP contribution in [0.1, 0.15) is 24.1 Å². The van der Waals surface area contributed by atoms with E-state index in [1.165, 1.54) is 5.56 Å². The van der Waals surface area contributed by atoms with Crippen LogP contribution in [-0.4, -0.2) is 29.0 Å². The van der Waals surface area contributed by atoms with Crippen LogP contribution in [0.2, 0.25) is 0 Å². The molecule has 3 aromatic rings. The van der Waals surface area contributed by atoms with E-state index in [4.69, 9.17) is 5.26 Å². The lowest BCUT2D eigenvalue weighted by Gasteiger charge is -2.20. The van der Waals surface area contributed by atoms with Crippen molar-refractivity contribution in [3.05, 3.63) is 53.6 Å². The van der Waals surface area contributed by atoms with Gasteiger partial charge in [-0.1, -0.05) is 18.2 Å². The van der Waals surface area contributed by atoms with E-state index in [9.17, 15) is 0 Å². The van der Waals surface area contributed by atoms with Crippen molar-refractivity contribution in [2.45, 2.75) is 13.0 Å². The van der Waals surface area contributed by atoms with Gasteiger partial charge in [-0.15, -0.1) is 0 Å². The monoisotopic (exact) mass is 290 g/mol. The first-order valence-corrected chi connectivity index (χ1v) is 7.25. The minimum Gasteiger partial charge on any atom is -0.338 e. The molecule has 0 saturated heterocycles. The molecule has 4 heteroatoms. The van der Waals surface area contributed by atoms with Crippen LogP contribution in [-0.2, 0) is 0 Å². The van der Waals surface area contributed by atoms with E-state index in [-0.39, 0.29) is 0 Å². The molecule has 4 nitrogen and oxygen atoms in total. The van der Waals surface area contributed by atoms with Crippen molar-refractivity contribution >= 4 is 11.0 Å². The van der Waals surface area contributed by atoms with Crippen LogP contribution in [0.25, 0.3) is 22.4 Å². The molecule has 0 saturated carbocycles. The second-order valence-corrected chi connectivity index (χ2v) is 5.69. The van der Waals surface area contributed by atoms with Crippen molar-refractivity contribution in [2.24, 2.45) is 0 Å². The second kappa shape index (κ2) is 5.63. The fourth-order valence-electron chi connectivity index (χ4n) is 2.46. The largest absolute Gasteiger partial charge is 0.338 e.